The number of aryl methyl sites for hydroxylation is 2. The third kappa shape index (κ3) is 5.37. The number of halogens is 2. The fourth-order valence-electron chi connectivity index (χ4n) is 4.56. The molecule has 176 valence electrons. The number of pyridine rings is 1. The monoisotopic (exact) mass is 455 g/mol. The zero-order valence-electron chi connectivity index (χ0n) is 19.4. The van der Waals surface area contributed by atoms with Crippen molar-refractivity contribution in [3.05, 3.63) is 58.8 Å². The second-order valence-corrected chi connectivity index (χ2v) is 9.44. The molecule has 0 aliphatic carbocycles. The molecular formula is C25H31F2N5O. The summed E-state index contributed by atoms with van der Waals surface area (Å²) in [6, 6.07) is 1.46. The van der Waals surface area contributed by atoms with Crippen LogP contribution < -0.4 is 5.32 Å². The Kier molecular flexibility index (Phi) is 7.00. The van der Waals surface area contributed by atoms with Gasteiger partial charge in [0.2, 0.25) is 0 Å². The zero-order valence-corrected chi connectivity index (χ0v) is 19.4. The lowest BCUT2D eigenvalue weighted by atomic mass is 9.89. The van der Waals surface area contributed by atoms with Gasteiger partial charge in [-0.2, -0.15) is 5.10 Å². The summed E-state index contributed by atoms with van der Waals surface area (Å²) < 4.78 is 29.8. The maximum Gasteiger partial charge on any atom is 0.256 e. The van der Waals surface area contributed by atoms with Crippen molar-refractivity contribution in [1.29, 1.82) is 0 Å². The molecule has 4 rings (SSSR count). The van der Waals surface area contributed by atoms with Crippen LogP contribution in [0.5, 0.6) is 0 Å². The first-order valence-corrected chi connectivity index (χ1v) is 11.8. The molecule has 3 atom stereocenters. The van der Waals surface area contributed by atoms with Gasteiger partial charge in [0.05, 0.1) is 24.3 Å². The summed E-state index contributed by atoms with van der Waals surface area (Å²) in [5, 5.41) is 7.10. The number of carbonyl (C=O) groups is 1. The maximum atomic E-state index is 14.6. The molecule has 8 heteroatoms. The predicted molar refractivity (Wildman–Crippen MR) is 122 cm³/mol. The van der Waals surface area contributed by atoms with Gasteiger partial charge in [-0.3, -0.25) is 9.78 Å². The fourth-order valence-corrected chi connectivity index (χ4v) is 4.56. The Morgan fingerprint density at radius 1 is 1.03 bits per heavy atom. The minimum Gasteiger partial charge on any atom is -0.349 e. The third-order valence-electron chi connectivity index (χ3n) is 6.67. The molecule has 2 bridgehead atoms. The summed E-state index contributed by atoms with van der Waals surface area (Å²) in [6.45, 7) is 6.20. The predicted octanol–water partition coefficient (Wildman–Crippen LogP) is 5.01. The van der Waals surface area contributed by atoms with Gasteiger partial charge >= 0.3 is 0 Å². The molecule has 1 aliphatic heterocycles. The number of nitrogens with one attached hydrogen (secondary N) is 1. The van der Waals surface area contributed by atoms with Crippen molar-refractivity contribution >= 4 is 11.6 Å². The number of nitrogens with zero attached hydrogens (tertiary/aromatic N) is 4. The second-order valence-electron chi connectivity index (χ2n) is 9.44. The van der Waals surface area contributed by atoms with E-state index in [-0.39, 0.29) is 23.7 Å². The minimum atomic E-state index is -0.410. The number of aromatic nitrogens is 4. The first-order valence-electron chi connectivity index (χ1n) is 11.8. The Labute approximate surface area is 192 Å². The van der Waals surface area contributed by atoms with E-state index in [0.29, 0.717) is 42.1 Å². The number of hydrogen-bond donors (Lipinski definition) is 1. The normalized spacial score (nSPS) is 23.1. The number of fused-ring (bicyclic) bond motifs is 2. The molecule has 1 aliphatic rings. The number of hydrogen-bond acceptors (Lipinski definition) is 4. The molecular weight excluding hydrogens is 424 g/mol. The largest absolute Gasteiger partial charge is 0.349 e. The van der Waals surface area contributed by atoms with Gasteiger partial charge in [-0.05, 0) is 62.5 Å². The molecule has 3 aromatic rings. The van der Waals surface area contributed by atoms with Crippen molar-refractivity contribution in [3.63, 3.8) is 0 Å². The molecule has 1 N–H and O–H groups in total. The lowest BCUT2D eigenvalue weighted by Gasteiger charge is -2.19. The van der Waals surface area contributed by atoms with Crippen LogP contribution in [0.25, 0.3) is 5.65 Å². The van der Waals surface area contributed by atoms with Crippen molar-refractivity contribution in [2.75, 3.05) is 0 Å². The van der Waals surface area contributed by atoms with E-state index in [1.165, 1.54) is 23.1 Å². The molecule has 0 fully saturated rings. The summed E-state index contributed by atoms with van der Waals surface area (Å²) in [4.78, 5) is 21.7. The van der Waals surface area contributed by atoms with E-state index in [1.807, 2.05) is 6.92 Å². The van der Waals surface area contributed by atoms with Crippen LogP contribution in [0.15, 0.2) is 24.7 Å². The minimum absolute atomic E-state index is 0.137. The van der Waals surface area contributed by atoms with Crippen LogP contribution in [0.3, 0.4) is 0 Å². The maximum absolute atomic E-state index is 14.6. The highest BCUT2D eigenvalue weighted by Gasteiger charge is 2.20. The van der Waals surface area contributed by atoms with Crippen LogP contribution in [0, 0.1) is 17.6 Å². The topological polar surface area (TPSA) is 72.2 Å². The van der Waals surface area contributed by atoms with Gasteiger partial charge in [0.25, 0.3) is 5.91 Å². The Bertz CT molecular complexity index is 1150. The van der Waals surface area contributed by atoms with Crippen molar-refractivity contribution in [1.82, 2.24) is 24.9 Å². The van der Waals surface area contributed by atoms with E-state index in [0.717, 1.165) is 36.9 Å². The van der Waals surface area contributed by atoms with E-state index in [2.05, 4.69) is 34.2 Å². The zero-order chi connectivity index (χ0) is 23.5. The fraction of sp³-hybridized carbons (Fsp3) is 0.520. The summed E-state index contributed by atoms with van der Waals surface area (Å²) in [5.41, 5.74) is 2.88. The highest BCUT2D eigenvalue weighted by molar-refractivity contribution is 5.99. The summed E-state index contributed by atoms with van der Waals surface area (Å²) in [6.07, 6.45) is 9.54. The van der Waals surface area contributed by atoms with Crippen molar-refractivity contribution in [3.8, 4) is 0 Å². The van der Waals surface area contributed by atoms with Crippen LogP contribution in [0.4, 0.5) is 8.78 Å². The molecule has 33 heavy (non-hydrogen) atoms. The second kappa shape index (κ2) is 9.93. The van der Waals surface area contributed by atoms with Crippen LogP contribution in [0.2, 0.25) is 0 Å². The van der Waals surface area contributed by atoms with Crippen molar-refractivity contribution < 1.29 is 13.6 Å². The van der Waals surface area contributed by atoms with Gasteiger partial charge in [-0.25, -0.2) is 18.3 Å². The number of amides is 1. The van der Waals surface area contributed by atoms with E-state index in [9.17, 15) is 13.6 Å². The van der Waals surface area contributed by atoms with Crippen LogP contribution >= 0.6 is 0 Å². The molecule has 0 spiro atoms. The highest BCUT2D eigenvalue weighted by atomic mass is 19.1. The van der Waals surface area contributed by atoms with E-state index >= 15 is 0 Å². The Hall–Kier alpha value is -2.90. The van der Waals surface area contributed by atoms with Gasteiger partial charge in [-0.15, -0.1) is 0 Å². The average molecular weight is 456 g/mol. The molecule has 0 saturated carbocycles. The lowest BCUT2D eigenvalue weighted by Crippen LogP contribution is -2.33. The summed E-state index contributed by atoms with van der Waals surface area (Å²) >= 11 is 0. The Morgan fingerprint density at radius 3 is 2.64 bits per heavy atom. The van der Waals surface area contributed by atoms with Crippen LogP contribution in [-0.4, -0.2) is 31.5 Å². The first kappa shape index (κ1) is 23.3. The van der Waals surface area contributed by atoms with Gasteiger partial charge in [0.15, 0.2) is 11.5 Å². The smallest absolute Gasteiger partial charge is 0.256 e. The molecule has 6 nitrogen and oxygen atoms in total. The summed E-state index contributed by atoms with van der Waals surface area (Å²) in [7, 11) is 0. The first-order chi connectivity index (χ1) is 15.8. The summed E-state index contributed by atoms with van der Waals surface area (Å²) in [5.74, 6) is -0.439. The quantitative estimate of drug-likeness (QED) is 0.517. The molecule has 0 saturated heterocycles. The van der Waals surface area contributed by atoms with Gasteiger partial charge in [-0.1, -0.05) is 26.7 Å². The highest BCUT2D eigenvalue weighted by Crippen LogP contribution is 2.27. The number of carbonyl (C=O) groups excluding carboxylic acids is 1. The molecule has 3 aromatic heterocycles. The Morgan fingerprint density at radius 2 is 1.82 bits per heavy atom. The van der Waals surface area contributed by atoms with Gasteiger partial charge in [0.1, 0.15) is 11.4 Å². The van der Waals surface area contributed by atoms with Gasteiger partial charge in [0, 0.05) is 11.7 Å². The third-order valence-corrected chi connectivity index (χ3v) is 6.67. The average Bonchev–Trinajstić information content (AvgIpc) is 3.18. The van der Waals surface area contributed by atoms with E-state index in [1.54, 1.807) is 6.07 Å². The van der Waals surface area contributed by atoms with E-state index < -0.39 is 5.82 Å². The molecule has 0 radical (unpaired) electrons. The lowest BCUT2D eigenvalue weighted by molar-refractivity contribution is 0.0940. The molecule has 3 unspecified atom stereocenters. The SMILES string of the molecule is CC1CCCC(C)c2cc(F)cnc2CCC(C)NC(=O)c2cnn3cc(F)c(nc23)CC1. The van der Waals surface area contributed by atoms with E-state index in [4.69, 9.17) is 0 Å². The standard InChI is InChI=1S/C25H31F2N5O/c1-15-5-4-6-16(2)19-11-18(26)12-28-22(19)10-8-17(3)30-25(33)20-13-29-32-14-21(27)23(9-7-15)31-24(20)32/h11-17H,4-10H2,1-3H3,(H,30,33). The molecule has 4 heterocycles. The van der Waals surface area contributed by atoms with Crippen LogP contribution in [0.1, 0.15) is 86.1 Å². The van der Waals surface area contributed by atoms with Crippen molar-refractivity contribution in [2.24, 2.45) is 5.92 Å². The van der Waals surface area contributed by atoms with Crippen molar-refractivity contribution in [2.45, 2.75) is 77.7 Å². The van der Waals surface area contributed by atoms with Crippen LogP contribution in [-0.2, 0) is 12.8 Å². The molecule has 1 amide bonds. The van der Waals surface area contributed by atoms with Gasteiger partial charge < -0.3 is 5.32 Å². The Balaban J connectivity index is 1.63. The number of rotatable bonds is 0. The molecule has 0 aromatic carbocycles.